The van der Waals surface area contributed by atoms with Crippen molar-refractivity contribution in [3.05, 3.63) is 35.9 Å². The molecule has 4 nitrogen and oxygen atoms in total. The van der Waals surface area contributed by atoms with Crippen LogP contribution in [0.4, 0.5) is 0 Å². The predicted octanol–water partition coefficient (Wildman–Crippen LogP) is 1.59. The molecular weight excluding hydrogens is 230 g/mol. The van der Waals surface area contributed by atoms with Gasteiger partial charge in [-0.2, -0.15) is 0 Å². The highest BCUT2D eigenvalue weighted by Crippen LogP contribution is 1.98. The molecule has 1 aromatic carbocycles. The van der Waals surface area contributed by atoms with Crippen molar-refractivity contribution >= 4 is 24.3 Å². The van der Waals surface area contributed by atoms with Gasteiger partial charge in [0.1, 0.15) is 0 Å². The number of carbonyl (C=O) groups excluding carboxylic acids is 1. The van der Waals surface area contributed by atoms with Crippen molar-refractivity contribution in [2.24, 2.45) is 0 Å². The van der Waals surface area contributed by atoms with Gasteiger partial charge in [0.05, 0.1) is 6.42 Å². The van der Waals surface area contributed by atoms with Crippen LogP contribution < -0.4 is 5.32 Å². The molecular formula is C11H14ClNO3. The third-order valence-electron chi connectivity index (χ3n) is 1.90. The Labute approximate surface area is 100 Å². The molecule has 0 aromatic heterocycles. The molecule has 0 atom stereocenters. The molecule has 0 aliphatic heterocycles. The topological polar surface area (TPSA) is 66.4 Å². The van der Waals surface area contributed by atoms with Crippen LogP contribution in [0, 0.1) is 0 Å². The first-order valence-electron chi connectivity index (χ1n) is 4.71. The van der Waals surface area contributed by atoms with Crippen LogP contribution in [0.2, 0.25) is 0 Å². The number of aliphatic carboxylic acids is 1. The normalized spacial score (nSPS) is 9.00. The quantitative estimate of drug-likeness (QED) is 0.825. The molecule has 88 valence electrons. The second kappa shape index (κ2) is 7.70. The molecule has 5 heteroatoms. The number of carboxylic acids is 1. The Morgan fingerprint density at radius 2 is 1.75 bits per heavy atom. The Balaban J connectivity index is 0.00000225. The summed E-state index contributed by atoms with van der Waals surface area (Å²) in [5.41, 5.74) is 1.00. The average molecular weight is 244 g/mol. The van der Waals surface area contributed by atoms with E-state index >= 15 is 0 Å². The summed E-state index contributed by atoms with van der Waals surface area (Å²) in [6, 6.07) is 9.47. The van der Waals surface area contributed by atoms with E-state index in [0.717, 1.165) is 5.56 Å². The molecule has 1 rings (SSSR count). The zero-order valence-corrected chi connectivity index (χ0v) is 9.50. The summed E-state index contributed by atoms with van der Waals surface area (Å²) in [5.74, 6) is -1.19. The van der Waals surface area contributed by atoms with Gasteiger partial charge in [-0.3, -0.25) is 9.59 Å². The molecule has 0 unspecified atom stereocenters. The molecule has 0 aliphatic carbocycles. The highest BCUT2D eigenvalue weighted by molar-refractivity contribution is 5.85. The maximum absolute atomic E-state index is 11.1. The first kappa shape index (κ1) is 14.5. The maximum Gasteiger partial charge on any atom is 0.303 e. The zero-order valence-electron chi connectivity index (χ0n) is 8.68. The van der Waals surface area contributed by atoms with Crippen molar-refractivity contribution in [2.75, 3.05) is 0 Å². The van der Waals surface area contributed by atoms with E-state index in [1.807, 2.05) is 30.3 Å². The molecule has 1 aromatic rings. The average Bonchev–Trinajstić information content (AvgIpc) is 2.25. The molecule has 0 aliphatic rings. The summed E-state index contributed by atoms with van der Waals surface area (Å²) < 4.78 is 0. The standard InChI is InChI=1S/C11H13NO3.ClH/c13-10(6-7-11(14)15)12-8-9-4-2-1-3-5-9;/h1-5H,6-8H2,(H,12,13)(H,14,15);1H. The monoisotopic (exact) mass is 243 g/mol. The van der Waals surface area contributed by atoms with Crippen molar-refractivity contribution < 1.29 is 14.7 Å². The first-order chi connectivity index (χ1) is 7.18. The van der Waals surface area contributed by atoms with Gasteiger partial charge in [-0.25, -0.2) is 0 Å². The van der Waals surface area contributed by atoms with Crippen molar-refractivity contribution in [2.45, 2.75) is 19.4 Å². The lowest BCUT2D eigenvalue weighted by Crippen LogP contribution is -2.23. The number of nitrogens with one attached hydrogen (secondary N) is 1. The smallest absolute Gasteiger partial charge is 0.303 e. The van der Waals surface area contributed by atoms with Crippen LogP contribution in [-0.4, -0.2) is 17.0 Å². The zero-order chi connectivity index (χ0) is 11.1. The Morgan fingerprint density at radius 1 is 1.12 bits per heavy atom. The molecule has 1 amide bonds. The van der Waals surface area contributed by atoms with Gasteiger partial charge in [0.25, 0.3) is 0 Å². The van der Waals surface area contributed by atoms with Crippen molar-refractivity contribution in [3.63, 3.8) is 0 Å². The van der Waals surface area contributed by atoms with E-state index in [1.54, 1.807) is 0 Å². The second-order valence-electron chi connectivity index (χ2n) is 3.16. The highest BCUT2D eigenvalue weighted by Gasteiger charge is 2.04. The Hall–Kier alpha value is -1.55. The van der Waals surface area contributed by atoms with Crippen molar-refractivity contribution in [1.82, 2.24) is 5.32 Å². The van der Waals surface area contributed by atoms with Crippen LogP contribution in [0.5, 0.6) is 0 Å². The van der Waals surface area contributed by atoms with Gasteiger partial charge in [0.15, 0.2) is 0 Å². The summed E-state index contributed by atoms with van der Waals surface area (Å²) in [7, 11) is 0. The molecule has 0 heterocycles. The lowest BCUT2D eigenvalue weighted by atomic mass is 10.2. The summed E-state index contributed by atoms with van der Waals surface area (Å²) in [4.78, 5) is 21.3. The molecule has 0 bridgehead atoms. The minimum absolute atomic E-state index is 0. The lowest BCUT2D eigenvalue weighted by molar-refractivity contribution is -0.138. The van der Waals surface area contributed by atoms with Crippen LogP contribution in [0.1, 0.15) is 18.4 Å². The van der Waals surface area contributed by atoms with Crippen LogP contribution in [0.3, 0.4) is 0 Å². The van der Waals surface area contributed by atoms with E-state index in [1.165, 1.54) is 0 Å². The molecule has 0 radical (unpaired) electrons. The predicted molar refractivity (Wildman–Crippen MR) is 62.4 cm³/mol. The van der Waals surface area contributed by atoms with Gasteiger partial charge < -0.3 is 10.4 Å². The van der Waals surface area contributed by atoms with Gasteiger partial charge in [-0.15, -0.1) is 12.4 Å². The number of amides is 1. The Kier molecular flexibility index (Phi) is 6.96. The number of hydrogen-bond acceptors (Lipinski definition) is 2. The number of benzene rings is 1. The van der Waals surface area contributed by atoms with Gasteiger partial charge >= 0.3 is 5.97 Å². The summed E-state index contributed by atoms with van der Waals surface area (Å²) >= 11 is 0. The number of carbonyl (C=O) groups is 2. The highest BCUT2D eigenvalue weighted by atomic mass is 35.5. The Bertz CT molecular complexity index is 340. The number of carboxylic acid groups (broad SMARTS) is 1. The molecule has 16 heavy (non-hydrogen) atoms. The van der Waals surface area contributed by atoms with Crippen molar-refractivity contribution in [1.29, 1.82) is 0 Å². The van der Waals surface area contributed by atoms with E-state index in [4.69, 9.17) is 5.11 Å². The van der Waals surface area contributed by atoms with Crippen LogP contribution >= 0.6 is 12.4 Å². The fourth-order valence-corrected chi connectivity index (χ4v) is 1.11. The Morgan fingerprint density at radius 3 is 2.31 bits per heavy atom. The van der Waals surface area contributed by atoms with E-state index in [0.29, 0.717) is 6.54 Å². The van der Waals surface area contributed by atoms with E-state index in [9.17, 15) is 9.59 Å². The third kappa shape index (κ3) is 6.03. The van der Waals surface area contributed by atoms with Crippen LogP contribution in [-0.2, 0) is 16.1 Å². The molecule has 0 saturated heterocycles. The number of rotatable bonds is 5. The minimum Gasteiger partial charge on any atom is -0.481 e. The van der Waals surface area contributed by atoms with E-state index < -0.39 is 5.97 Å². The van der Waals surface area contributed by atoms with Gasteiger partial charge in [-0.05, 0) is 5.56 Å². The lowest BCUT2D eigenvalue weighted by Gasteiger charge is -2.03. The van der Waals surface area contributed by atoms with Crippen LogP contribution in [0.15, 0.2) is 30.3 Å². The van der Waals surface area contributed by atoms with Gasteiger partial charge in [0.2, 0.25) is 5.91 Å². The van der Waals surface area contributed by atoms with Gasteiger partial charge in [-0.1, -0.05) is 30.3 Å². The number of hydrogen-bond donors (Lipinski definition) is 2. The summed E-state index contributed by atoms with van der Waals surface area (Å²) in [6.45, 7) is 0.444. The largest absolute Gasteiger partial charge is 0.481 e. The van der Waals surface area contributed by atoms with Crippen LogP contribution in [0.25, 0.3) is 0 Å². The molecule has 0 fully saturated rings. The summed E-state index contributed by atoms with van der Waals surface area (Å²) in [5, 5.41) is 11.0. The number of halogens is 1. The van der Waals surface area contributed by atoms with E-state index in [-0.39, 0.29) is 31.2 Å². The molecule has 0 spiro atoms. The first-order valence-corrected chi connectivity index (χ1v) is 4.71. The third-order valence-corrected chi connectivity index (χ3v) is 1.90. The maximum atomic E-state index is 11.1. The molecule has 2 N–H and O–H groups in total. The van der Waals surface area contributed by atoms with Crippen molar-refractivity contribution in [3.8, 4) is 0 Å². The fourth-order valence-electron chi connectivity index (χ4n) is 1.11. The minimum atomic E-state index is -0.954. The van der Waals surface area contributed by atoms with Gasteiger partial charge in [0, 0.05) is 13.0 Å². The second-order valence-corrected chi connectivity index (χ2v) is 3.16. The summed E-state index contributed by atoms with van der Waals surface area (Å²) in [6.07, 6.45) is -0.0945. The molecule has 0 saturated carbocycles. The van der Waals surface area contributed by atoms with E-state index in [2.05, 4.69) is 5.32 Å². The fraction of sp³-hybridized carbons (Fsp3) is 0.273. The SMILES string of the molecule is Cl.O=C(O)CCC(=O)NCc1ccccc1.